The smallest absolute Gasteiger partial charge is 0.251 e. The van der Waals surface area contributed by atoms with E-state index < -0.39 is 10.0 Å². The van der Waals surface area contributed by atoms with Crippen molar-refractivity contribution in [3.05, 3.63) is 48.0 Å². The first-order valence-corrected chi connectivity index (χ1v) is 12.5. The van der Waals surface area contributed by atoms with Crippen molar-refractivity contribution in [2.75, 3.05) is 37.4 Å². The van der Waals surface area contributed by atoms with Crippen LogP contribution < -0.4 is 20.7 Å². The van der Waals surface area contributed by atoms with Crippen LogP contribution in [0.3, 0.4) is 0 Å². The van der Waals surface area contributed by atoms with Gasteiger partial charge in [0.15, 0.2) is 0 Å². The number of carbonyl (C=O) groups excluding carboxylic acids is 2. The van der Waals surface area contributed by atoms with Crippen LogP contribution in [-0.4, -0.2) is 56.8 Å². The van der Waals surface area contributed by atoms with E-state index in [1.165, 1.54) is 29.6 Å². The molecule has 2 aromatic rings. The zero-order chi connectivity index (χ0) is 25.5. The quantitative estimate of drug-likeness (QED) is 0.471. The second-order valence-corrected chi connectivity index (χ2v) is 10.6. The minimum Gasteiger partial charge on any atom is -0.495 e. The number of rotatable bonds is 10. The summed E-state index contributed by atoms with van der Waals surface area (Å²) in [6.45, 7) is 9.87. The number of hydrogen-bond acceptors (Lipinski definition) is 6. The third-order valence-corrected chi connectivity index (χ3v) is 6.92. The van der Waals surface area contributed by atoms with Crippen LogP contribution >= 0.6 is 0 Å². The molecule has 0 unspecified atom stereocenters. The summed E-state index contributed by atoms with van der Waals surface area (Å²) in [7, 11) is -2.24. The average Bonchev–Trinajstić information content (AvgIpc) is 2.77. The summed E-state index contributed by atoms with van der Waals surface area (Å²) in [5.74, 6) is -0.213. The maximum atomic E-state index is 12.8. The summed E-state index contributed by atoms with van der Waals surface area (Å²) in [4.78, 5) is 24.8. The average molecular weight is 491 g/mol. The molecule has 0 aliphatic rings. The molecule has 2 aromatic carbocycles. The Balaban J connectivity index is 2.08. The van der Waals surface area contributed by atoms with Crippen molar-refractivity contribution in [3.8, 4) is 5.75 Å². The van der Waals surface area contributed by atoms with Crippen LogP contribution in [0.15, 0.2) is 47.4 Å². The van der Waals surface area contributed by atoms with E-state index in [0.29, 0.717) is 30.1 Å². The minimum absolute atomic E-state index is 0.0658. The Labute approximate surface area is 201 Å². The highest BCUT2D eigenvalue weighted by atomic mass is 32.2. The number of carbonyl (C=O) groups is 2. The van der Waals surface area contributed by atoms with Gasteiger partial charge in [-0.15, -0.1) is 0 Å². The van der Waals surface area contributed by atoms with Gasteiger partial charge in [-0.25, -0.2) is 8.42 Å². The largest absolute Gasteiger partial charge is 0.495 e. The third kappa shape index (κ3) is 7.19. The molecule has 9 nitrogen and oxygen atoms in total. The summed E-state index contributed by atoms with van der Waals surface area (Å²) in [6.07, 6.45) is 0. The fraction of sp³-hybridized carbons (Fsp3) is 0.417. The Kier molecular flexibility index (Phi) is 9.06. The Morgan fingerprint density at radius 2 is 1.62 bits per heavy atom. The first kappa shape index (κ1) is 27.1. The molecule has 10 heteroatoms. The molecule has 0 spiro atoms. The van der Waals surface area contributed by atoms with E-state index in [4.69, 9.17) is 4.74 Å². The molecule has 0 radical (unpaired) electrons. The van der Waals surface area contributed by atoms with E-state index in [1.807, 2.05) is 20.8 Å². The highest BCUT2D eigenvalue weighted by Gasteiger charge is 2.23. The third-order valence-electron chi connectivity index (χ3n) is 4.88. The molecule has 2 amide bonds. The maximum absolute atomic E-state index is 12.8. The molecule has 186 valence electrons. The number of nitrogens with one attached hydrogen (secondary N) is 3. The van der Waals surface area contributed by atoms with Crippen molar-refractivity contribution < 1.29 is 22.7 Å². The molecule has 0 saturated carbocycles. The predicted octanol–water partition coefficient (Wildman–Crippen LogP) is 3.30. The van der Waals surface area contributed by atoms with Gasteiger partial charge in [0.1, 0.15) is 5.75 Å². The molecular weight excluding hydrogens is 456 g/mol. The summed E-state index contributed by atoms with van der Waals surface area (Å²) in [6, 6.07) is 11.1. The Hall–Kier alpha value is -3.11. The number of ether oxygens (including phenoxy) is 1. The lowest BCUT2D eigenvalue weighted by Gasteiger charge is -2.20. The predicted molar refractivity (Wildman–Crippen MR) is 134 cm³/mol. The topological polar surface area (TPSA) is 117 Å². The van der Waals surface area contributed by atoms with E-state index in [-0.39, 0.29) is 34.5 Å². The normalized spacial score (nSPS) is 11.7. The molecule has 0 aliphatic heterocycles. The molecule has 0 atom stereocenters. The lowest BCUT2D eigenvalue weighted by Crippen LogP contribution is -2.40. The van der Waals surface area contributed by atoms with Gasteiger partial charge in [-0.05, 0) is 63.2 Å². The molecule has 3 N–H and O–H groups in total. The number of amides is 2. The molecule has 0 saturated heterocycles. The number of anilines is 2. The number of methoxy groups -OCH3 is 1. The molecule has 0 bridgehead atoms. The SMILES string of the molecule is CCN(CC)S(=O)(=O)c1ccc(OC)c(NC(=O)CNc2ccc(C(=O)NC(C)(C)C)cc2)c1. The van der Waals surface area contributed by atoms with E-state index in [1.54, 1.807) is 38.1 Å². The van der Waals surface area contributed by atoms with Crippen molar-refractivity contribution >= 4 is 33.2 Å². The van der Waals surface area contributed by atoms with Gasteiger partial charge in [0, 0.05) is 29.9 Å². The van der Waals surface area contributed by atoms with E-state index in [9.17, 15) is 18.0 Å². The van der Waals surface area contributed by atoms with Gasteiger partial charge in [0.2, 0.25) is 15.9 Å². The van der Waals surface area contributed by atoms with Crippen molar-refractivity contribution in [3.63, 3.8) is 0 Å². The van der Waals surface area contributed by atoms with Gasteiger partial charge in [0.25, 0.3) is 5.91 Å². The van der Waals surface area contributed by atoms with Gasteiger partial charge in [0.05, 0.1) is 24.2 Å². The summed E-state index contributed by atoms with van der Waals surface area (Å²) in [5, 5.41) is 8.58. The van der Waals surface area contributed by atoms with Gasteiger partial charge in [-0.1, -0.05) is 13.8 Å². The monoisotopic (exact) mass is 490 g/mol. The fourth-order valence-corrected chi connectivity index (χ4v) is 4.67. The van der Waals surface area contributed by atoms with Crippen LogP contribution in [-0.2, 0) is 14.8 Å². The van der Waals surface area contributed by atoms with Crippen molar-refractivity contribution in [1.82, 2.24) is 9.62 Å². The van der Waals surface area contributed by atoms with Crippen LogP contribution in [0, 0.1) is 0 Å². The number of nitrogens with zero attached hydrogens (tertiary/aromatic N) is 1. The van der Waals surface area contributed by atoms with Gasteiger partial charge in [-0.3, -0.25) is 9.59 Å². The number of hydrogen-bond donors (Lipinski definition) is 3. The molecular formula is C24H34N4O5S. The van der Waals surface area contributed by atoms with E-state index >= 15 is 0 Å². The Bertz CT molecular complexity index is 1110. The van der Waals surface area contributed by atoms with E-state index in [2.05, 4.69) is 16.0 Å². The van der Waals surface area contributed by atoms with Crippen LogP contribution in [0.2, 0.25) is 0 Å². The molecule has 0 aliphatic carbocycles. The zero-order valence-electron chi connectivity index (χ0n) is 20.6. The minimum atomic E-state index is -3.68. The van der Waals surface area contributed by atoms with Crippen molar-refractivity contribution in [1.29, 1.82) is 0 Å². The summed E-state index contributed by atoms with van der Waals surface area (Å²) < 4.78 is 32.3. The number of benzene rings is 2. The van der Waals surface area contributed by atoms with E-state index in [0.717, 1.165) is 0 Å². The van der Waals surface area contributed by atoms with Crippen molar-refractivity contribution in [2.45, 2.75) is 45.1 Å². The Morgan fingerprint density at radius 1 is 1.00 bits per heavy atom. The zero-order valence-corrected chi connectivity index (χ0v) is 21.4. The number of sulfonamides is 1. The summed E-state index contributed by atoms with van der Waals surface area (Å²) in [5.41, 5.74) is 1.10. The summed E-state index contributed by atoms with van der Waals surface area (Å²) >= 11 is 0. The fourth-order valence-electron chi connectivity index (χ4n) is 3.19. The van der Waals surface area contributed by atoms with Crippen LogP contribution in [0.25, 0.3) is 0 Å². The van der Waals surface area contributed by atoms with Gasteiger partial charge < -0.3 is 20.7 Å². The standard InChI is InChI=1S/C24H34N4O5S/c1-7-28(8-2)34(31,32)19-13-14-21(33-6)20(15-19)26-22(29)16-25-18-11-9-17(10-12-18)23(30)27-24(3,4)5/h9-15,25H,7-8,16H2,1-6H3,(H,26,29)(H,27,30). The van der Waals surface area contributed by atoms with Crippen molar-refractivity contribution in [2.24, 2.45) is 0 Å². The second-order valence-electron chi connectivity index (χ2n) is 8.63. The molecule has 2 rings (SSSR count). The molecule has 0 fully saturated rings. The van der Waals surface area contributed by atoms with Crippen LogP contribution in [0.4, 0.5) is 11.4 Å². The second kappa shape index (κ2) is 11.3. The van der Waals surface area contributed by atoms with Gasteiger partial charge >= 0.3 is 0 Å². The highest BCUT2D eigenvalue weighted by molar-refractivity contribution is 7.89. The van der Waals surface area contributed by atoms with Gasteiger partial charge in [-0.2, -0.15) is 4.31 Å². The lowest BCUT2D eigenvalue weighted by molar-refractivity contribution is -0.114. The molecule has 0 heterocycles. The highest BCUT2D eigenvalue weighted by Crippen LogP contribution is 2.29. The first-order valence-electron chi connectivity index (χ1n) is 11.1. The Morgan fingerprint density at radius 3 is 2.15 bits per heavy atom. The lowest BCUT2D eigenvalue weighted by atomic mass is 10.1. The molecule has 0 aromatic heterocycles. The maximum Gasteiger partial charge on any atom is 0.251 e. The van der Waals surface area contributed by atoms with Crippen LogP contribution in [0.1, 0.15) is 45.0 Å². The molecule has 34 heavy (non-hydrogen) atoms. The first-order chi connectivity index (χ1) is 15.9. The van der Waals surface area contributed by atoms with Crippen LogP contribution in [0.5, 0.6) is 5.75 Å².